The van der Waals surface area contributed by atoms with Gasteiger partial charge in [-0.05, 0) is 24.6 Å². The van der Waals surface area contributed by atoms with Gasteiger partial charge in [0.05, 0.1) is 16.2 Å². The molecule has 6 nitrogen and oxygen atoms in total. The molecule has 0 amide bonds. The van der Waals surface area contributed by atoms with Crippen molar-refractivity contribution >= 4 is 34.8 Å². The van der Waals surface area contributed by atoms with Gasteiger partial charge in [0.1, 0.15) is 5.56 Å². The molecule has 2 aromatic heterocycles. The Bertz CT molecular complexity index is 937. The number of hydrogen-bond acceptors (Lipinski definition) is 4. The van der Waals surface area contributed by atoms with Crippen molar-refractivity contribution in [1.29, 1.82) is 0 Å². The number of aromatic hydroxyl groups is 1. The second kappa shape index (κ2) is 5.72. The second-order valence-electron chi connectivity index (χ2n) is 5.02. The van der Waals surface area contributed by atoms with Crippen molar-refractivity contribution in [3.8, 4) is 5.88 Å². The molecule has 2 N–H and O–H groups in total. The number of halogens is 2. The van der Waals surface area contributed by atoms with Crippen LogP contribution in [0.2, 0.25) is 10.0 Å². The second-order valence-corrected chi connectivity index (χ2v) is 5.84. The molecule has 118 valence electrons. The van der Waals surface area contributed by atoms with Gasteiger partial charge in [-0.25, -0.2) is 9.78 Å². The van der Waals surface area contributed by atoms with E-state index in [0.717, 1.165) is 16.3 Å². The summed E-state index contributed by atoms with van der Waals surface area (Å²) in [5.41, 5.74) is 1.93. The average molecular weight is 352 g/mol. The topological polar surface area (TPSA) is 87.7 Å². The molecule has 0 saturated heterocycles. The van der Waals surface area contributed by atoms with Crippen molar-refractivity contribution in [1.82, 2.24) is 14.6 Å². The molecule has 8 heteroatoms. The number of aromatic carboxylic acids is 1. The summed E-state index contributed by atoms with van der Waals surface area (Å²) in [6.45, 7) is 1.70. The van der Waals surface area contributed by atoms with Crippen molar-refractivity contribution in [2.24, 2.45) is 0 Å². The zero-order chi connectivity index (χ0) is 16.7. The molecule has 0 unspecified atom stereocenters. The molecular formula is C15H11Cl2N3O3. The van der Waals surface area contributed by atoms with Crippen LogP contribution in [-0.2, 0) is 6.42 Å². The molecule has 0 fully saturated rings. The van der Waals surface area contributed by atoms with E-state index >= 15 is 0 Å². The molecule has 23 heavy (non-hydrogen) atoms. The summed E-state index contributed by atoms with van der Waals surface area (Å²) in [5.74, 6) is -1.30. The Hall–Kier alpha value is -2.31. The van der Waals surface area contributed by atoms with E-state index in [2.05, 4.69) is 10.1 Å². The lowest BCUT2D eigenvalue weighted by Crippen LogP contribution is -2.04. The minimum Gasteiger partial charge on any atom is -0.493 e. The highest BCUT2D eigenvalue weighted by Crippen LogP contribution is 2.28. The average Bonchev–Trinajstić information content (AvgIpc) is 2.91. The number of carboxylic acids is 1. The molecule has 3 aromatic rings. The van der Waals surface area contributed by atoms with Crippen LogP contribution < -0.4 is 0 Å². The Morgan fingerprint density at radius 1 is 1.30 bits per heavy atom. The van der Waals surface area contributed by atoms with E-state index in [1.54, 1.807) is 25.1 Å². The van der Waals surface area contributed by atoms with E-state index in [9.17, 15) is 9.90 Å². The molecule has 0 atom stereocenters. The maximum absolute atomic E-state index is 11.1. The number of fused-ring (bicyclic) bond motifs is 1. The van der Waals surface area contributed by atoms with Crippen molar-refractivity contribution in [3.05, 3.63) is 56.8 Å². The maximum atomic E-state index is 11.1. The van der Waals surface area contributed by atoms with Gasteiger partial charge in [0.15, 0.2) is 5.65 Å². The van der Waals surface area contributed by atoms with Crippen LogP contribution >= 0.6 is 23.2 Å². The third-order valence-corrected chi connectivity index (χ3v) is 4.26. The normalized spacial score (nSPS) is 11.1. The first-order valence-electron chi connectivity index (χ1n) is 6.62. The van der Waals surface area contributed by atoms with E-state index < -0.39 is 5.97 Å². The highest BCUT2D eigenvalue weighted by Gasteiger charge is 2.19. The summed E-state index contributed by atoms with van der Waals surface area (Å²) in [6, 6.07) is 5.18. The fourth-order valence-corrected chi connectivity index (χ4v) is 2.65. The summed E-state index contributed by atoms with van der Waals surface area (Å²) in [5, 5.41) is 24.3. The van der Waals surface area contributed by atoms with Gasteiger partial charge in [-0.1, -0.05) is 29.3 Å². The Balaban J connectivity index is 2.11. The molecule has 1 aromatic carbocycles. The lowest BCUT2D eigenvalue weighted by atomic mass is 10.0. The van der Waals surface area contributed by atoms with Crippen LogP contribution in [0.5, 0.6) is 5.88 Å². The molecule has 2 heterocycles. The van der Waals surface area contributed by atoms with Gasteiger partial charge in [-0.2, -0.15) is 9.61 Å². The quantitative estimate of drug-likeness (QED) is 0.755. The van der Waals surface area contributed by atoms with Gasteiger partial charge >= 0.3 is 5.97 Å². The van der Waals surface area contributed by atoms with Crippen molar-refractivity contribution in [2.75, 3.05) is 0 Å². The minimum absolute atomic E-state index is 0.0653. The van der Waals surface area contributed by atoms with Gasteiger partial charge in [0.25, 0.3) is 0 Å². The number of nitrogens with zero attached hydrogens (tertiary/aromatic N) is 3. The van der Waals surface area contributed by atoms with Crippen LogP contribution in [-0.4, -0.2) is 30.8 Å². The fraction of sp³-hybridized carbons (Fsp3) is 0.133. The summed E-state index contributed by atoms with van der Waals surface area (Å²) < 4.78 is 1.11. The molecule has 0 aliphatic heterocycles. The number of aryl methyl sites for hydroxylation is 1. The monoisotopic (exact) mass is 351 g/mol. The van der Waals surface area contributed by atoms with E-state index in [1.807, 2.05) is 0 Å². The Morgan fingerprint density at radius 2 is 2.04 bits per heavy atom. The number of carbonyl (C=O) groups is 1. The van der Waals surface area contributed by atoms with E-state index in [0.29, 0.717) is 27.7 Å². The number of benzene rings is 1. The lowest BCUT2D eigenvalue weighted by molar-refractivity contribution is 0.0699. The predicted molar refractivity (Wildman–Crippen MR) is 85.6 cm³/mol. The van der Waals surface area contributed by atoms with Gasteiger partial charge in [-0.3, -0.25) is 0 Å². The molecule has 0 aliphatic carbocycles. The van der Waals surface area contributed by atoms with Gasteiger partial charge in [-0.15, -0.1) is 0 Å². The largest absolute Gasteiger partial charge is 0.493 e. The van der Waals surface area contributed by atoms with Crippen LogP contribution in [0, 0.1) is 6.92 Å². The molecule has 0 radical (unpaired) electrons. The summed E-state index contributed by atoms with van der Waals surface area (Å²) >= 11 is 11.9. The zero-order valence-electron chi connectivity index (χ0n) is 11.9. The lowest BCUT2D eigenvalue weighted by Gasteiger charge is -2.10. The summed E-state index contributed by atoms with van der Waals surface area (Å²) in [7, 11) is 0. The van der Waals surface area contributed by atoms with Gasteiger partial charge < -0.3 is 10.2 Å². The Kier molecular flexibility index (Phi) is 3.87. The van der Waals surface area contributed by atoms with Crippen molar-refractivity contribution < 1.29 is 15.0 Å². The molecule has 3 rings (SSSR count). The first-order chi connectivity index (χ1) is 10.9. The summed E-state index contributed by atoms with van der Waals surface area (Å²) in [6.07, 6.45) is 1.52. The standard InChI is InChI=1S/C15H11Cl2N3O3/c1-7-9(4-8-2-3-11(16)12(17)5-8)14(21)20-13(19-7)10(6-18-20)15(22)23/h2-3,5-6,21H,4H2,1H3,(H,22,23). The van der Waals surface area contributed by atoms with Gasteiger partial charge in [0, 0.05) is 17.7 Å². The molecule has 0 bridgehead atoms. The number of aromatic nitrogens is 3. The molecular weight excluding hydrogens is 341 g/mol. The van der Waals surface area contributed by atoms with E-state index in [-0.39, 0.29) is 17.1 Å². The van der Waals surface area contributed by atoms with E-state index in [4.69, 9.17) is 28.3 Å². The molecule has 0 aliphatic rings. The smallest absolute Gasteiger partial charge is 0.341 e. The highest BCUT2D eigenvalue weighted by atomic mass is 35.5. The fourth-order valence-electron chi connectivity index (χ4n) is 2.33. The Labute approximate surface area is 140 Å². The van der Waals surface area contributed by atoms with Gasteiger partial charge in [0.2, 0.25) is 5.88 Å². The third-order valence-electron chi connectivity index (χ3n) is 3.52. The number of rotatable bonds is 3. The van der Waals surface area contributed by atoms with Crippen LogP contribution in [0.1, 0.15) is 27.2 Å². The molecule has 0 saturated carbocycles. The number of hydrogen-bond donors (Lipinski definition) is 2. The zero-order valence-corrected chi connectivity index (χ0v) is 13.4. The summed E-state index contributed by atoms with van der Waals surface area (Å²) in [4.78, 5) is 15.4. The van der Waals surface area contributed by atoms with Crippen LogP contribution in [0.4, 0.5) is 0 Å². The first kappa shape index (κ1) is 15.6. The third kappa shape index (κ3) is 2.71. The minimum atomic E-state index is -1.15. The Morgan fingerprint density at radius 3 is 2.70 bits per heavy atom. The predicted octanol–water partition coefficient (Wildman–Crippen LogP) is 3.34. The maximum Gasteiger partial charge on any atom is 0.341 e. The SMILES string of the molecule is Cc1nc2c(C(=O)O)cnn2c(O)c1Cc1ccc(Cl)c(Cl)c1. The van der Waals surface area contributed by atoms with Crippen LogP contribution in [0.15, 0.2) is 24.4 Å². The highest BCUT2D eigenvalue weighted by molar-refractivity contribution is 6.42. The van der Waals surface area contributed by atoms with Crippen molar-refractivity contribution in [3.63, 3.8) is 0 Å². The first-order valence-corrected chi connectivity index (χ1v) is 7.37. The van der Waals surface area contributed by atoms with Crippen molar-refractivity contribution in [2.45, 2.75) is 13.3 Å². The number of carboxylic acid groups (broad SMARTS) is 1. The van der Waals surface area contributed by atoms with E-state index in [1.165, 1.54) is 0 Å². The van der Waals surface area contributed by atoms with Crippen LogP contribution in [0.25, 0.3) is 5.65 Å². The van der Waals surface area contributed by atoms with Crippen LogP contribution in [0.3, 0.4) is 0 Å². The molecule has 0 spiro atoms.